The number of aryl methyl sites for hydroxylation is 1. The number of carbonyl (C=O) groups is 1. The van der Waals surface area contributed by atoms with E-state index in [4.69, 9.17) is 0 Å². The highest BCUT2D eigenvalue weighted by molar-refractivity contribution is 7.91. The van der Waals surface area contributed by atoms with Gasteiger partial charge in [0.05, 0.1) is 22.9 Å². The molecule has 0 spiro atoms. The van der Waals surface area contributed by atoms with Crippen molar-refractivity contribution >= 4 is 15.7 Å². The average molecular weight is 298 g/mol. The predicted octanol–water partition coefficient (Wildman–Crippen LogP) is -0.445. The lowest BCUT2D eigenvalue weighted by Crippen LogP contribution is -2.42. The van der Waals surface area contributed by atoms with Crippen molar-refractivity contribution < 1.29 is 13.2 Å². The maximum atomic E-state index is 12.5. The molecule has 1 N–H and O–H groups in total. The molecule has 1 aromatic heterocycles. The van der Waals surface area contributed by atoms with Gasteiger partial charge in [-0.2, -0.15) is 15.4 Å². The molecule has 2 atom stereocenters. The van der Waals surface area contributed by atoms with Crippen LogP contribution in [0.4, 0.5) is 0 Å². The molecule has 2 heterocycles. The van der Waals surface area contributed by atoms with Gasteiger partial charge in [0.1, 0.15) is 0 Å². The summed E-state index contributed by atoms with van der Waals surface area (Å²) in [5.74, 6) is 0.200. The SMILES string of the molecule is CN(C(=O)C1CCc2n[nH]nc2C1)C1CCS(=O)(=O)C1. The second kappa shape index (κ2) is 4.83. The molecule has 1 aliphatic carbocycles. The van der Waals surface area contributed by atoms with Gasteiger partial charge >= 0.3 is 0 Å². The van der Waals surface area contributed by atoms with Gasteiger partial charge in [-0.25, -0.2) is 8.42 Å². The molecule has 1 saturated heterocycles. The number of H-pyrrole nitrogens is 1. The first-order chi connectivity index (χ1) is 9.46. The number of rotatable bonds is 2. The van der Waals surface area contributed by atoms with Crippen molar-refractivity contribution in [3.63, 3.8) is 0 Å². The molecule has 1 aliphatic heterocycles. The Bertz CT molecular complexity index is 624. The first-order valence-electron chi connectivity index (χ1n) is 6.82. The smallest absolute Gasteiger partial charge is 0.226 e. The van der Waals surface area contributed by atoms with Crippen LogP contribution in [0, 0.1) is 5.92 Å². The first-order valence-corrected chi connectivity index (χ1v) is 8.64. The summed E-state index contributed by atoms with van der Waals surface area (Å²) >= 11 is 0. The highest BCUT2D eigenvalue weighted by Crippen LogP contribution is 2.26. The van der Waals surface area contributed by atoms with Gasteiger partial charge in [-0.05, 0) is 19.3 Å². The van der Waals surface area contributed by atoms with Crippen LogP contribution < -0.4 is 0 Å². The van der Waals surface area contributed by atoms with Crippen LogP contribution in [0.25, 0.3) is 0 Å². The molecular formula is C12H18N4O3S. The normalized spacial score (nSPS) is 28.1. The molecule has 8 heteroatoms. The van der Waals surface area contributed by atoms with Crippen LogP contribution in [0.2, 0.25) is 0 Å². The quantitative estimate of drug-likeness (QED) is 0.798. The number of carbonyl (C=O) groups excluding carboxylic acids is 1. The number of aromatic amines is 1. The molecule has 7 nitrogen and oxygen atoms in total. The summed E-state index contributed by atoms with van der Waals surface area (Å²) in [6, 6.07) is -0.175. The summed E-state index contributed by atoms with van der Waals surface area (Å²) in [6.07, 6.45) is 2.64. The van der Waals surface area contributed by atoms with Gasteiger partial charge in [-0.3, -0.25) is 4.79 Å². The first kappa shape index (κ1) is 13.5. The van der Waals surface area contributed by atoms with Crippen molar-refractivity contribution in [3.05, 3.63) is 11.4 Å². The van der Waals surface area contributed by atoms with E-state index in [1.807, 2.05) is 0 Å². The van der Waals surface area contributed by atoms with E-state index in [0.29, 0.717) is 12.8 Å². The Hall–Kier alpha value is -1.44. The van der Waals surface area contributed by atoms with E-state index in [9.17, 15) is 13.2 Å². The van der Waals surface area contributed by atoms with Crippen LogP contribution in [-0.2, 0) is 27.5 Å². The zero-order valence-corrected chi connectivity index (χ0v) is 12.2. The molecule has 0 aromatic carbocycles. The van der Waals surface area contributed by atoms with Crippen molar-refractivity contribution in [2.45, 2.75) is 31.7 Å². The van der Waals surface area contributed by atoms with Crippen LogP contribution in [0.5, 0.6) is 0 Å². The van der Waals surface area contributed by atoms with Crippen molar-refractivity contribution in [3.8, 4) is 0 Å². The standard InChI is InChI=1S/C12H18N4O3S/c1-16(9-4-5-20(18,19)7-9)12(17)8-2-3-10-11(6-8)14-15-13-10/h8-9H,2-7H2,1H3,(H,13,14,15). The summed E-state index contributed by atoms with van der Waals surface area (Å²) < 4.78 is 23.0. The van der Waals surface area contributed by atoms with Gasteiger partial charge in [0.25, 0.3) is 0 Å². The van der Waals surface area contributed by atoms with Crippen molar-refractivity contribution in [2.24, 2.45) is 5.92 Å². The van der Waals surface area contributed by atoms with Gasteiger partial charge in [-0.1, -0.05) is 0 Å². The lowest BCUT2D eigenvalue weighted by atomic mass is 9.88. The number of nitrogens with one attached hydrogen (secondary N) is 1. The van der Waals surface area contributed by atoms with E-state index in [1.165, 1.54) is 0 Å². The maximum absolute atomic E-state index is 12.5. The lowest BCUT2D eigenvalue weighted by Gasteiger charge is -2.29. The Morgan fingerprint density at radius 3 is 2.75 bits per heavy atom. The third-order valence-corrected chi connectivity index (χ3v) is 6.08. The summed E-state index contributed by atoms with van der Waals surface area (Å²) in [7, 11) is -1.25. The molecule has 1 amide bonds. The Kier molecular flexibility index (Phi) is 3.27. The van der Waals surface area contributed by atoms with E-state index in [1.54, 1.807) is 11.9 Å². The van der Waals surface area contributed by atoms with E-state index in [-0.39, 0.29) is 29.4 Å². The molecule has 1 aromatic rings. The van der Waals surface area contributed by atoms with Gasteiger partial charge in [0, 0.05) is 25.4 Å². The molecule has 110 valence electrons. The topological polar surface area (TPSA) is 96.0 Å². The van der Waals surface area contributed by atoms with E-state index in [2.05, 4.69) is 15.4 Å². The molecule has 0 radical (unpaired) electrons. The summed E-state index contributed by atoms with van der Waals surface area (Å²) in [5, 5.41) is 10.7. The Morgan fingerprint density at radius 2 is 2.05 bits per heavy atom. The molecule has 1 fully saturated rings. The van der Waals surface area contributed by atoms with Crippen LogP contribution in [-0.4, -0.2) is 59.2 Å². The van der Waals surface area contributed by atoms with Crippen molar-refractivity contribution in [2.75, 3.05) is 18.6 Å². The number of hydrogen-bond acceptors (Lipinski definition) is 5. The number of sulfone groups is 1. The fourth-order valence-electron chi connectivity index (χ4n) is 3.04. The molecule has 2 aliphatic rings. The van der Waals surface area contributed by atoms with Crippen LogP contribution in [0.3, 0.4) is 0 Å². The van der Waals surface area contributed by atoms with Gasteiger partial charge in [0.2, 0.25) is 5.91 Å². The molecule has 2 unspecified atom stereocenters. The fraction of sp³-hybridized carbons (Fsp3) is 0.750. The second-order valence-electron chi connectivity index (χ2n) is 5.66. The molecular weight excluding hydrogens is 280 g/mol. The third kappa shape index (κ3) is 2.44. The van der Waals surface area contributed by atoms with E-state index >= 15 is 0 Å². The highest BCUT2D eigenvalue weighted by Gasteiger charge is 2.36. The zero-order chi connectivity index (χ0) is 14.3. The number of fused-ring (bicyclic) bond motifs is 1. The molecule has 0 saturated carbocycles. The Balaban J connectivity index is 1.68. The maximum Gasteiger partial charge on any atom is 0.226 e. The van der Waals surface area contributed by atoms with E-state index < -0.39 is 9.84 Å². The fourth-order valence-corrected chi connectivity index (χ4v) is 4.82. The number of hydrogen-bond donors (Lipinski definition) is 1. The number of aromatic nitrogens is 3. The number of amides is 1. The summed E-state index contributed by atoms with van der Waals surface area (Å²) in [5.41, 5.74) is 1.81. The van der Waals surface area contributed by atoms with E-state index in [0.717, 1.165) is 24.2 Å². The van der Waals surface area contributed by atoms with Crippen LogP contribution in [0.15, 0.2) is 0 Å². The Morgan fingerprint density at radius 1 is 1.30 bits per heavy atom. The van der Waals surface area contributed by atoms with Gasteiger partial charge in [0.15, 0.2) is 9.84 Å². The van der Waals surface area contributed by atoms with Crippen molar-refractivity contribution in [1.29, 1.82) is 0 Å². The summed E-state index contributed by atoms with van der Waals surface area (Å²) in [4.78, 5) is 14.1. The van der Waals surface area contributed by atoms with Crippen molar-refractivity contribution in [1.82, 2.24) is 20.3 Å². The Labute approximate surface area is 117 Å². The average Bonchev–Trinajstić information content (AvgIpc) is 3.02. The zero-order valence-electron chi connectivity index (χ0n) is 11.4. The molecule has 0 bridgehead atoms. The third-order valence-electron chi connectivity index (χ3n) is 4.33. The lowest BCUT2D eigenvalue weighted by molar-refractivity contribution is -0.136. The minimum atomic E-state index is -2.97. The summed E-state index contributed by atoms with van der Waals surface area (Å²) in [6.45, 7) is 0. The predicted molar refractivity (Wildman–Crippen MR) is 71.7 cm³/mol. The number of nitrogens with zero attached hydrogens (tertiary/aromatic N) is 3. The minimum Gasteiger partial charge on any atom is -0.341 e. The highest BCUT2D eigenvalue weighted by atomic mass is 32.2. The minimum absolute atomic E-state index is 0.0285. The molecule has 20 heavy (non-hydrogen) atoms. The monoisotopic (exact) mass is 298 g/mol. The molecule has 3 rings (SSSR count). The van der Waals surface area contributed by atoms with Gasteiger partial charge in [-0.15, -0.1) is 0 Å². The largest absolute Gasteiger partial charge is 0.341 e. The van der Waals surface area contributed by atoms with Crippen LogP contribution >= 0.6 is 0 Å². The van der Waals surface area contributed by atoms with Gasteiger partial charge < -0.3 is 4.90 Å². The van der Waals surface area contributed by atoms with Crippen LogP contribution in [0.1, 0.15) is 24.2 Å². The second-order valence-corrected chi connectivity index (χ2v) is 7.89.